The highest BCUT2D eigenvalue weighted by Crippen LogP contribution is 2.19. The topological polar surface area (TPSA) is 107 Å². The molecule has 1 heterocycles. The Hall–Kier alpha value is -2.16. The maximum Gasteiger partial charge on any atom is 0.340 e. The molecule has 0 radical (unpaired) electrons. The van der Waals surface area contributed by atoms with Gasteiger partial charge < -0.3 is 15.4 Å². The van der Waals surface area contributed by atoms with E-state index >= 15 is 0 Å². The second-order valence-corrected chi connectivity index (χ2v) is 8.53. The number of carbonyl (C=O) groups excluding carboxylic acids is 2. The van der Waals surface area contributed by atoms with Gasteiger partial charge in [0.1, 0.15) is 5.82 Å². The molecule has 26 heavy (non-hydrogen) atoms. The lowest BCUT2D eigenvalue weighted by molar-refractivity contribution is -0.136. The van der Waals surface area contributed by atoms with Crippen LogP contribution in [0.3, 0.4) is 0 Å². The van der Waals surface area contributed by atoms with Crippen molar-refractivity contribution in [1.29, 1.82) is 0 Å². The molecule has 1 aromatic carbocycles. The largest absolute Gasteiger partial charge is 0.452 e. The van der Waals surface area contributed by atoms with Crippen molar-refractivity contribution in [1.82, 2.24) is 4.90 Å². The van der Waals surface area contributed by atoms with Gasteiger partial charge in [-0.25, -0.2) is 17.6 Å². The summed E-state index contributed by atoms with van der Waals surface area (Å²) < 4.78 is 41.4. The molecule has 1 saturated heterocycles. The van der Waals surface area contributed by atoms with Crippen LogP contribution in [0.4, 0.5) is 10.1 Å². The fourth-order valence-corrected chi connectivity index (χ4v) is 4.60. The first-order chi connectivity index (χ1) is 12.2. The second kappa shape index (κ2) is 8.48. The normalized spacial score (nSPS) is 18.5. The number of unbranched alkanes of at least 4 members (excludes halogenated alkanes) is 1. The first-order valence-electron chi connectivity index (χ1n) is 8.45. The smallest absolute Gasteiger partial charge is 0.340 e. The number of nitrogens with two attached hydrogens (primary N) is 1. The standard InChI is InChI=1S/C17H23FN2O5S/c1-2-3-7-20(13-6-8-26(23,24)11-13)16(21)10-25-17(22)14-5-4-12(18)9-15(14)19/h4-5,9,13H,2-3,6-8,10-11,19H2,1H3/t13-/m0/s1. The maximum absolute atomic E-state index is 13.0. The van der Waals surface area contributed by atoms with Gasteiger partial charge in [0.05, 0.1) is 17.1 Å². The average molecular weight is 386 g/mol. The maximum atomic E-state index is 13.0. The van der Waals surface area contributed by atoms with Crippen LogP contribution >= 0.6 is 0 Å². The molecule has 0 aromatic heterocycles. The van der Waals surface area contributed by atoms with Gasteiger partial charge in [-0.15, -0.1) is 0 Å². The van der Waals surface area contributed by atoms with Crippen LogP contribution in [-0.2, 0) is 19.4 Å². The predicted octanol–water partition coefficient (Wildman–Crippen LogP) is 1.38. The number of ether oxygens (including phenoxy) is 1. The molecular formula is C17H23FN2O5S. The number of amides is 1. The fourth-order valence-electron chi connectivity index (χ4n) is 2.87. The number of sulfone groups is 1. The molecule has 0 unspecified atom stereocenters. The van der Waals surface area contributed by atoms with Crippen molar-refractivity contribution in [3.63, 3.8) is 0 Å². The highest BCUT2D eigenvalue weighted by Gasteiger charge is 2.34. The van der Waals surface area contributed by atoms with Crippen LogP contribution < -0.4 is 5.73 Å². The molecule has 0 spiro atoms. The van der Waals surface area contributed by atoms with E-state index in [0.29, 0.717) is 13.0 Å². The van der Waals surface area contributed by atoms with Crippen molar-refractivity contribution in [2.24, 2.45) is 0 Å². The number of nitrogens with zero attached hydrogens (tertiary/aromatic N) is 1. The van der Waals surface area contributed by atoms with E-state index in [2.05, 4.69) is 0 Å². The van der Waals surface area contributed by atoms with E-state index in [1.54, 1.807) is 0 Å². The first kappa shape index (κ1) is 20.2. The number of nitrogen functional groups attached to an aromatic ring is 1. The fraction of sp³-hybridized carbons (Fsp3) is 0.529. The van der Waals surface area contributed by atoms with Crippen molar-refractivity contribution < 1.29 is 27.1 Å². The number of carbonyl (C=O) groups is 2. The van der Waals surface area contributed by atoms with E-state index in [1.165, 1.54) is 11.0 Å². The molecule has 1 atom stereocenters. The Balaban J connectivity index is 2.01. The van der Waals surface area contributed by atoms with Gasteiger partial charge in [-0.2, -0.15) is 0 Å². The summed E-state index contributed by atoms with van der Waals surface area (Å²) in [6.45, 7) is 1.85. The highest BCUT2D eigenvalue weighted by atomic mass is 32.2. The lowest BCUT2D eigenvalue weighted by Gasteiger charge is -2.28. The SMILES string of the molecule is CCCCN(C(=O)COC(=O)c1ccc(F)cc1N)[C@H]1CCS(=O)(=O)C1. The minimum Gasteiger partial charge on any atom is -0.452 e. The summed E-state index contributed by atoms with van der Waals surface area (Å²) in [6, 6.07) is 2.87. The molecule has 9 heteroatoms. The van der Waals surface area contributed by atoms with Crippen LogP contribution in [0.5, 0.6) is 0 Å². The van der Waals surface area contributed by atoms with Crippen molar-refractivity contribution in [2.75, 3.05) is 30.4 Å². The minimum absolute atomic E-state index is 0.0252. The van der Waals surface area contributed by atoms with Gasteiger partial charge in [0, 0.05) is 18.3 Å². The third kappa shape index (κ3) is 5.17. The molecule has 2 N–H and O–H groups in total. The Morgan fingerprint density at radius 2 is 2.12 bits per heavy atom. The van der Waals surface area contributed by atoms with Crippen LogP contribution in [0.2, 0.25) is 0 Å². The lowest BCUT2D eigenvalue weighted by Crippen LogP contribution is -2.43. The molecule has 1 aliphatic rings. The quantitative estimate of drug-likeness (QED) is 0.560. The van der Waals surface area contributed by atoms with Crippen molar-refractivity contribution in [2.45, 2.75) is 32.2 Å². The van der Waals surface area contributed by atoms with Crippen molar-refractivity contribution >= 4 is 27.4 Å². The predicted molar refractivity (Wildman–Crippen MR) is 94.8 cm³/mol. The zero-order valence-corrected chi connectivity index (χ0v) is 15.4. The molecule has 1 aliphatic heterocycles. The summed E-state index contributed by atoms with van der Waals surface area (Å²) in [5, 5.41) is 0. The molecule has 7 nitrogen and oxygen atoms in total. The van der Waals surface area contributed by atoms with Crippen molar-refractivity contribution in [3.05, 3.63) is 29.6 Å². The average Bonchev–Trinajstić information content (AvgIpc) is 2.92. The molecule has 0 saturated carbocycles. The summed E-state index contributed by atoms with van der Waals surface area (Å²) in [5.41, 5.74) is 5.48. The van der Waals surface area contributed by atoms with E-state index in [1.807, 2.05) is 6.92 Å². The number of rotatable bonds is 7. The molecule has 1 amide bonds. The zero-order valence-electron chi connectivity index (χ0n) is 14.6. The van der Waals surface area contributed by atoms with Gasteiger partial charge in [-0.05, 0) is 31.0 Å². The monoisotopic (exact) mass is 386 g/mol. The molecule has 2 rings (SSSR count). The number of anilines is 1. The second-order valence-electron chi connectivity index (χ2n) is 6.31. The summed E-state index contributed by atoms with van der Waals surface area (Å²) in [4.78, 5) is 26.0. The van der Waals surface area contributed by atoms with E-state index in [4.69, 9.17) is 10.5 Å². The molecule has 1 aromatic rings. The number of halogens is 1. The Morgan fingerprint density at radius 3 is 2.69 bits per heavy atom. The summed E-state index contributed by atoms with van der Waals surface area (Å²) in [7, 11) is -3.14. The molecule has 0 bridgehead atoms. The molecular weight excluding hydrogens is 363 g/mol. The number of hydrogen-bond acceptors (Lipinski definition) is 6. The lowest BCUT2D eigenvalue weighted by atomic mass is 10.2. The van der Waals surface area contributed by atoms with Crippen molar-refractivity contribution in [3.8, 4) is 0 Å². The van der Waals surface area contributed by atoms with E-state index in [9.17, 15) is 22.4 Å². The Bertz CT molecular complexity index is 781. The molecule has 1 fully saturated rings. The van der Waals surface area contributed by atoms with Crippen LogP contribution in [0.15, 0.2) is 18.2 Å². The van der Waals surface area contributed by atoms with Gasteiger partial charge in [-0.1, -0.05) is 13.3 Å². The number of benzene rings is 1. The minimum atomic E-state index is -3.14. The van der Waals surface area contributed by atoms with Crippen LogP contribution in [0, 0.1) is 5.82 Å². The summed E-state index contributed by atoms with van der Waals surface area (Å²) >= 11 is 0. The van der Waals surface area contributed by atoms with E-state index < -0.39 is 40.2 Å². The van der Waals surface area contributed by atoms with Crippen LogP contribution in [0.1, 0.15) is 36.5 Å². The van der Waals surface area contributed by atoms with Gasteiger partial charge in [0.2, 0.25) is 0 Å². The Kier molecular flexibility index (Phi) is 6.57. The van der Waals surface area contributed by atoms with Gasteiger partial charge in [-0.3, -0.25) is 4.79 Å². The molecule has 0 aliphatic carbocycles. The van der Waals surface area contributed by atoms with Crippen LogP contribution in [-0.4, -0.2) is 55.9 Å². The number of hydrogen-bond donors (Lipinski definition) is 1. The van der Waals surface area contributed by atoms with E-state index in [-0.39, 0.29) is 22.8 Å². The zero-order chi connectivity index (χ0) is 19.3. The first-order valence-corrected chi connectivity index (χ1v) is 10.3. The van der Waals surface area contributed by atoms with Gasteiger partial charge in [0.15, 0.2) is 16.4 Å². The molecule has 144 valence electrons. The third-order valence-electron chi connectivity index (χ3n) is 4.28. The third-order valence-corrected chi connectivity index (χ3v) is 6.03. The van der Waals surface area contributed by atoms with Gasteiger partial charge in [0.25, 0.3) is 5.91 Å². The van der Waals surface area contributed by atoms with E-state index in [0.717, 1.165) is 25.0 Å². The summed E-state index contributed by atoms with van der Waals surface area (Å²) in [6.07, 6.45) is 1.95. The van der Waals surface area contributed by atoms with Gasteiger partial charge >= 0.3 is 5.97 Å². The summed E-state index contributed by atoms with van der Waals surface area (Å²) in [5.74, 6) is -1.87. The number of esters is 1. The Morgan fingerprint density at radius 1 is 1.38 bits per heavy atom. The Labute approximate surface area is 152 Å². The van der Waals surface area contributed by atoms with Crippen LogP contribution in [0.25, 0.3) is 0 Å². The highest BCUT2D eigenvalue weighted by molar-refractivity contribution is 7.91.